The monoisotopic (exact) mass is 540 g/mol. The van der Waals surface area contributed by atoms with E-state index >= 15 is 0 Å². The van der Waals surface area contributed by atoms with Crippen LogP contribution < -0.4 is 15.0 Å². The summed E-state index contributed by atoms with van der Waals surface area (Å²) in [5.74, 6) is 1.79. The van der Waals surface area contributed by atoms with Crippen molar-refractivity contribution in [1.82, 2.24) is 30.1 Å². The van der Waals surface area contributed by atoms with Gasteiger partial charge in [0, 0.05) is 24.2 Å². The molecular formula is C30H29FN6O3. The molecule has 0 bridgehead atoms. The summed E-state index contributed by atoms with van der Waals surface area (Å²) in [5.41, 5.74) is 4.33. The third-order valence-corrected chi connectivity index (χ3v) is 7.20. The standard InChI is InChI=1S/C30H29FN6O3/c1-3-26(29-33-34-35-37(29)16-20-5-8-24(31)9-6-20)36(15-21-7-11-27-28(13-21)40-18-39-27)17-23-14-22-12-19(2)4-10-25(22)32-30(23)38/h4-14,26H,3,15-18H2,1-2H3,(H,32,38). The van der Waals surface area contributed by atoms with Gasteiger partial charge in [-0.05, 0) is 82.7 Å². The van der Waals surface area contributed by atoms with Crippen LogP contribution in [0.3, 0.4) is 0 Å². The number of rotatable bonds is 9. The summed E-state index contributed by atoms with van der Waals surface area (Å²) in [6.45, 7) is 5.59. The number of benzene rings is 3. The van der Waals surface area contributed by atoms with Crippen LogP contribution in [0.15, 0.2) is 71.5 Å². The Bertz CT molecular complexity index is 1720. The van der Waals surface area contributed by atoms with Crippen LogP contribution in [-0.4, -0.2) is 36.9 Å². The molecule has 2 aromatic heterocycles. The van der Waals surface area contributed by atoms with Gasteiger partial charge in [0.25, 0.3) is 5.56 Å². The van der Waals surface area contributed by atoms with Crippen LogP contribution in [0.4, 0.5) is 4.39 Å². The van der Waals surface area contributed by atoms with Gasteiger partial charge in [0.2, 0.25) is 6.79 Å². The summed E-state index contributed by atoms with van der Waals surface area (Å²) >= 11 is 0. The van der Waals surface area contributed by atoms with Crippen LogP contribution in [0.5, 0.6) is 11.5 Å². The fourth-order valence-electron chi connectivity index (χ4n) is 5.19. The van der Waals surface area contributed by atoms with Gasteiger partial charge in [-0.3, -0.25) is 9.69 Å². The zero-order valence-corrected chi connectivity index (χ0v) is 22.3. The number of aromatic amines is 1. The second-order valence-corrected chi connectivity index (χ2v) is 10.1. The Labute approximate surface area is 230 Å². The molecule has 1 atom stereocenters. The van der Waals surface area contributed by atoms with Gasteiger partial charge in [-0.15, -0.1) is 5.10 Å². The second-order valence-electron chi connectivity index (χ2n) is 10.1. The molecule has 10 heteroatoms. The summed E-state index contributed by atoms with van der Waals surface area (Å²) in [4.78, 5) is 18.4. The fraction of sp³-hybridized carbons (Fsp3) is 0.267. The van der Waals surface area contributed by atoms with E-state index in [0.717, 1.165) is 27.6 Å². The molecule has 0 amide bonds. The van der Waals surface area contributed by atoms with E-state index < -0.39 is 0 Å². The molecule has 6 rings (SSSR count). The summed E-state index contributed by atoms with van der Waals surface area (Å²) < 4.78 is 26.3. The molecule has 0 fully saturated rings. The molecular weight excluding hydrogens is 511 g/mol. The van der Waals surface area contributed by atoms with Gasteiger partial charge in [-0.25, -0.2) is 9.07 Å². The molecule has 0 aliphatic carbocycles. The molecule has 5 aromatic rings. The molecule has 1 N–H and O–H groups in total. The average molecular weight is 541 g/mol. The number of ether oxygens (including phenoxy) is 2. The summed E-state index contributed by atoms with van der Waals surface area (Å²) in [7, 11) is 0. The van der Waals surface area contributed by atoms with E-state index in [1.165, 1.54) is 12.1 Å². The van der Waals surface area contributed by atoms with Crippen LogP contribution in [0.2, 0.25) is 0 Å². The average Bonchev–Trinajstić information content (AvgIpc) is 3.60. The van der Waals surface area contributed by atoms with Crippen LogP contribution >= 0.6 is 0 Å². The number of fused-ring (bicyclic) bond motifs is 2. The number of hydrogen-bond donors (Lipinski definition) is 1. The third-order valence-electron chi connectivity index (χ3n) is 7.20. The molecule has 1 unspecified atom stereocenters. The minimum absolute atomic E-state index is 0.132. The molecule has 0 saturated carbocycles. The van der Waals surface area contributed by atoms with Crippen molar-refractivity contribution in [3.63, 3.8) is 0 Å². The molecule has 1 aliphatic rings. The number of aryl methyl sites for hydroxylation is 1. The highest BCUT2D eigenvalue weighted by Gasteiger charge is 2.27. The maximum absolute atomic E-state index is 13.5. The van der Waals surface area contributed by atoms with Crippen molar-refractivity contribution in [3.8, 4) is 11.5 Å². The number of aromatic nitrogens is 5. The van der Waals surface area contributed by atoms with E-state index in [4.69, 9.17) is 9.47 Å². The summed E-state index contributed by atoms with van der Waals surface area (Å²) in [6, 6.07) is 19.9. The Balaban J connectivity index is 1.37. The van der Waals surface area contributed by atoms with Crippen molar-refractivity contribution >= 4 is 10.9 Å². The first-order chi connectivity index (χ1) is 19.5. The van der Waals surface area contributed by atoms with Gasteiger partial charge in [-0.1, -0.05) is 36.8 Å². The van der Waals surface area contributed by atoms with Gasteiger partial charge in [-0.2, -0.15) is 0 Å². The van der Waals surface area contributed by atoms with Crippen molar-refractivity contribution in [2.75, 3.05) is 6.79 Å². The van der Waals surface area contributed by atoms with E-state index in [1.807, 2.05) is 43.3 Å². The van der Waals surface area contributed by atoms with Crippen LogP contribution in [0.25, 0.3) is 10.9 Å². The number of pyridine rings is 1. The lowest BCUT2D eigenvalue weighted by Crippen LogP contribution is -2.32. The molecule has 9 nitrogen and oxygen atoms in total. The number of tetrazole rings is 1. The zero-order valence-electron chi connectivity index (χ0n) is 22.3. The lowest BCUT2D eigenvalue weighted by Gasteiger charge is -2.30. The molecule has 1 aliphatic heterocycles. The highest BCUT2D eigenvalue weighted by atomic mass is 19.1. The number of nitrogens with one attached hydrogen (secondary N) is 1. The Hall–Kier alpha value is -4.57. The normalized spacial score (nSPS) is 13.3. The predicted octanol–water partition coefficient (Wildman–Crippen LogP) is 4.89. The highest BCUT2D eigenvalue weighted by molar-refractivity contribution is 5.79. The Morgan fingerprint density at radius 2 is 1.80 bits per heavy atom. The first-order valence-electron chi connectivity index (χ1n) is 13.2. The van der Waals surface area contributed by atoms with E-state index in [0.29, 0.717) is 48.9 Å². The lowest BCUT2D eigenvalue weighted by molar-refractivity contribution is 0.161. The van der Waals surface area contributed by atoms with Crippen molar-refractivity contribution in [1.29, 1.82) is 0 Å². The maximum atomic E-state index is 13.5. The number of H-pyrrole nitrogens is 1. The second kappa shape index (κ2) is 10.9. The van der Waals surface area contributed by atoms with Crippen molar-refractivity contribution in [2.45, 2.75) is 45.9 Å². The van der Waals surface area contributed by atoms with Crippen LogP contribution in [0.1, 0.15) is 47.5 Å². The topological polar surface area (TPSA) is 98.2 Å². The third kappa shape index (κ3) is 5.30. The number of nitrogens with zero attached hydrogens (tertiary/aromatic N) is 5. The molecule has 3 heterocycles. The molecule has 0 saturated heterocycles. The number of halogens is 1. The van der Waals surface area contributed by atoms with E-state index in [9.17, 15) is 9.18 Å². The minimum atomic E-state index is -0.294. The van der Waals surface area contributed by atoms with Crippen molar-refractivity contribution in [2.24, 2.45) is 0 Å². The smallest absolute Gasteiger partial charge is 0.252 e. The van der Waals surface area contributed by atoms with Gasteiger partial charge < -0.3 is 14.5 Å². The number of hydrogen-bond acceptors (Lipinski definition) is 7. The van der Waals surface area contributed by atoms with Crippen LogP contribution in [-0.2, 0) is 19.6 Å². The fourth-order valence-corrected chi connectivity index (χ4v) is 5.19. The quantitative estimate of drug-likeness (QED) is 0.284. The largest absolute Gasteiger partial charge is 0.454 e. The highest BCUT2D eigenvalue weighted by Crippen LogP contribution is 2.34. The van der Waals surface area contributed by atoms with E-state index in [-0.39, 0.29) is 24.2 Å². The zero-order chi connectivity index (χ0) is 27.6. The molecule has 0 spiro atoms. The summed E-state index contributed by atoms with van der Waals surface area (Å²) in [6.07, 6.45) is 0.693. The summed E-state index contributed by atoms with van der Waals surface area (Å²) in [5, 5.41) is 13.6. The van der Waals surface area contributed by atoms with Crippen LogP contribution in [0, 0.1) is 12.7 Å². The SMILES string of the molecule is CCC(c1nnnn1Cc1ccc(F)cc1)N(Cc1ccc2c(c1)OCO2)Cc1cc2cc(C)ccc2[nH]c1=O. The molecule has 3 aromatic carbocycles. The predicted molar refractivity (Wildman–Crippen MR) is 147 cm³/mol. The first kappa shape index (κ1) is 25.7. The van der Waals surface area contributed by atoms with Crippen molar-refractivity contribution in [3.05, 3.63) is 111 Å². The first-order valence-corrected chi connectivity index (χ1v) is 13.2. The molecule has 0 radical (unpaired) electrons. The Kier molecular flexibility index (Phi) is 7.00. The minimum Gasteiger partial charge on any atom is -0.454 e. The molecule has 204 valence electrons. The lowest BCUT2D eigenvalue weighted by atomic mass is 10.1. The Morgan fingerprint density at radius 1 is 1.00 bits per heavy atom. The van der Waals surface area contributed by atoms with Gasteiger partial charge in [0.15, 0.2) is 17.3 Å². The van der Waals surface area contributed by atoms with E-state index in [1.54, 1.807) is 16.8 Å². The Morgan fingerprint density at radius 3 is 2.62 bits per heavy atom. The maximum Gasteiger partial charge on any atom is 0.252 e. The van der Waals surface area contributed by atoms with Crippen molar-refractivity contribution < 1.29 is 13.9 Å². The van der Waals surface area contributed by atoms with E-state index in [2.05, 4.69) is 38.4 Å². The van der Waals surface area contributed by atoms with Gasteiger partial charge in [0.05, 0.1) is 12.6 Å². The van der Waals surface area contributed by atoms with Gasteiger partial charge >= 0.3 is 0 Å². The van der Waals surface area contributed by atoms with Gasteiger partial charge in [0.1, 0.15) is 5.82 Å². The molecule has 40 heavy (non-hydrogen) atoms.